The summed E-state index contributed by atoms with van der Waals surface area (Å²) in [5.41, 5.74) is 1.87. The minimum Gasteiger partial charge on any atom is -0.482 e. The summed E-state index contributed by atoms with van der Waals surface area (Å²) < 4.78 is 33.2. The predicted octanol–water partition coefficient (Wildman–Crippen LogP) is 4.14. The summed E-state index contributed by atoms with van der Waals surface area (Å²) in [7, 11) is -3.63. The molecule has 1 fully saturated rings. The number of anilines is 1. The first-order valence-corrected chi connectivity index (χ1v) is 11.6. The second kappa shape index (κ2) is 9.61. The third kappa shape index (κ3) is 5.95. The van der Waals surface area contributed by atoms with Gasteiger partial charge in [0.25, 0.3) is 5.91 Å². The zero-order valence-electron chi connectivity index (χ0n) is 16.3. The highest BCUT2D eigenvalue weighted by Crippen LogP contribution is 2.28. The van der Waals surface area contributed by atoms with E-state index in [1.54, 1.807) is 0 Å². The molecule has 0 atom stereocenters. The Bertz CT molecular complexity index is 955. The second-order valence-corrected chi connectivity index (χ2v) is 9.20. The molecule has 2 aromatic rings. The monoisotopic (exact) mass is 436 g/mol. The Morgan fingerprint density at radius 3 is 2.45 bits per heavy atom. The molecule has 0 aliphatic heterocycles. The number of hydrogen-bond acceptors (Lipinski definition) is 4. The Morgan fingerprint density at radius 1 is 1.14 bits per heavy atom. The summed E-state index contributed by atoms with van der Waals surface area (Å²) in [6.07, 6.45) is 4.70. The highest BCUT2D eigenvalue weighted by atomic mass is 35.5. The van der Waals surface area contributed by atoms with Gasteiger partial charge in [-0.25, -0.2) is 13.1 Å². The Hall–Kier alpha value is -2.09. The van der Waals surface area contributed by atoms with Crippen molar-refractivity contribution in [3.05, 3.63) is 53.1 Å². The van der Waals surface area contributed by atoms with E-state index in [0.717, 1.165) is 32.1 Å². The normalized spacial score (nSPS) is 14.7. The summed E-state index contributed by atoms with van der Waals surface area (Å²) in [5.74, 6) is -0.0760. The van der Waals surface area contributed by atoms with Crippen molar-refractivity contribution >= 4 is 33.2 Å². The number of ether oxygens (including phenoxy) is 1. The van der Waals surface area contributed by atoms with Gasteiger partial charge in [0.1, 0.15) is 5.75 Å². The van der Waals surface area contributed by atoms with E-state index < -0.39 is 10.0 Å². The minimum atomic E-state index is -3.63. The molecule has 29 heavy (non-hydrogen) atoms. The Kier molecular flexibility index (Phi) is 7.16. The van der Waals surface area contributed by atoms with Gasteiger partial charge in [0, 0.05) is 11.7 Å². The molecule has 2 N–H and O–H groups in total. The molecule has 0 heterocycles. The number of rotatable bonds is 8. The van der Waals surface area contributed by atoms with Gasteiger partial charge in [-0.3, -0.25) is 4.79 Å². The lowest BCUT2D eigenvalue weighted by Crippen LogP contribution is -2.32. The number of aryl methyl sites for hydroxylation is 1. The fourth-order valence-electron chi connectivity index (χ4n) is 3.26. The van der Waals surface area contributed by atoms with Gasteiger partial charge in [0.2, 0.25) is 10.0 Å². The van der Waals surface area contributed by atoms with Gasteiger partial charge in [-0.1, -0.05) is 43.5 Å². The molecule has 0 saturated heterocycles. The highest BCUT2D eigenvalue weighted by molar-refractivity contribution is 7.89. The van der Waals surface area contributed by atoms with Gasteiger partial charge in [-0.15, -0.1) is 0 Å². The average Bonchev–Trinajstić information content (AvgIpc) is 3.20. The van der Waals surface area contributed by atoms with Crippen molar-refractivity contribution in [3.63, 3.8) is 0 Å². The van der Waals surface area contributed by atoms with E-state index in [-0.39, 0.29) is 34.2 Å². The Labute approximate surface area is 176 Å². The predicted molar refractivity (Wildman–Crippen MR) is 114 cm³/mol. The first-order chi connectivity index (χ1) is 13.9. The molecule has 1 saturated carbocycles. The number of hydrogen-bond donors (Lipinski definition) is 2. The van der Waals surface area contributed by atoms with E-state index in [4.69, 9.17) is 16.3 Å². The first kappa shape index (κ1) is 21.6. The SMILES string of the molecule is CCc1ccc(NC(=O)COc2ccc(S(=O)(=O)NC3CCCC3)cc2Cl)cc1. The molecule has 2 aromatic carbocycles. The van der Waals surface area contributed by atoms with Crippen LogP contribution in [0.5, 0.6) is 5.75 Å². The minimum absolute atomic E-state index is 0.0233. The van der Waals surface area contributed by atoms with Crippen LogP contribution < -0.4 is 14.8 Å². The van der Waals surface area contributed by atoms with E-state index in [9.17, 15) is 13.2 Å². The van der Waals surface area contributed by atoms with Crippen LogP contribution in [0.25, 0.3) is 0 Å². The summed E-state index contributed by atoms with van der Waals surface area (Å²) in [6, 6.07) is 11.8. The molecule has 0 bridgehead atoms. The highest BCUT2D eigenvalue weighted by Gasteiger charge is 2.23. The third-order valence-electron chi connectivity index (χ3n) is 4.90. The zero-order valence-corrected chi connectivity index (χ0v) is 17.9. The topological polar surface area (TPSA) is 84.5 Å². The molecular weight excluding hydrogens is 412 g/mol. The van der Waals surface area contributed by atoms with E-state index >= 15 is 0 Å². The van der Waals surface area contributed by atoms with Crippen LogP contribution in [0.1, 0.15) is 38.2 Å². The molecule has 1 aliphatic carbocycles. The van der Waals surface area contributed by atoms with Crippen LogP contribution in [0, 0.1) is 0 Å². The van der Waals surface area contributed by atoms with Crippen molar-refractivity contribution in [2.45, 2.75) is 50.0 Å². The smallest absolute Gasteiger partial charge is 0.262 e. The number of carbonyl (C=O) groups excluding carboxylic acids is 1. The van der Waals surface area contributed by atoms with Crippen LogP contribution in [0.4, 0.5) is 5.69 Å². The second-order valence-electron chi connectivity index (χ2n) is 7.08. The lowest BCUT2D eigenvalue weighted by molar-refractivity contribution is -0.118. The van der Waals surface area contributed by atoms with Crippen LogP contribution in [0.15, 0.2) is 47.4 Å². The van der Waals surface area contributed by atoms with Crippen LogP contribution in [-0.4, -0.2) is 27.0 Å². The molecule has 6 nitrogen and oxygen atoms in total. The lowest BCUT2D eigenvalue weighted by atomic mass is 10.1. The molecule has 0 aromatic heterocycles. The maximum absolute atomic E-state index is 12.5. The number of carbonyl (C=O) groups is 1. The molecule has 0 spiro atoms. The van der Waals surface area contributed by atoms with Crippen molar-refractivity contribution in [2.24, 2.45) is 0 Å². The average molecular weight is 437 g/mol. The van der Waals surface area contributed by atoms with E-state index in [0.29, 0.717) is 5.69 Å². The summed E-state index contributed by atoms with van der Waals surface area (Å²) >= 11 is 6.18. The molecule has 1 amide bonds. The van der Waals surface area contributed by atoms with Crippen molar-refractivity contribution in [2.75, 3.05) is 11.9 Å². The number of sulfonamides is 1. The van der Waals surface area contributed by atoms with Gasteiger partial charge in [0.05, 0.1) is 9.92 Å². The molecule has 3 rings (SSSR count). The molecule has 156 valence electrons. The third-order valence-corrected chi connectivity index (χ3v) is 6.71. The molecule has 0 unspecified atom stereocenters. The van der Waals surface area contributed by atoms with Gasteiger partial charge in [0.15, 0.2) is 6.61 Å². The summed E-state index contributed by atoms with van der Waals surface area (Å²) in [6.45, 7) is 1.83. The quantitative estimate of drug-likeness (QED) is 0.651. The van der Waals surface area contributed by atoms with Gasteiger partial charge < -0.3 is 10.1 Å². The lowest BCUT2D eigenvalue weighted by Gasteiger charge is -2.14. The summed E-state index contributed by atoms with van der Waals surface area (Å²) in [4.78, 5) is 12.2. The van der Waals surface area contributed by atoms with Crippen molar-refractivity contribution in [1.29, 1.82) is 0 Å². The van der Waals surface area contributed by atoms with Crippen molar-refractivity contribution in [1.82, 2.24) is 4.72 Å². The molecule has 8 heteroatoms. The van der Waals surface area contributed by atoms with Crippen molar-refractivity contribution < 1.29 is 17.9 Å². The molecular formula is C21H25ClN2O4S. The van der Waals surface area contributed by atoms with Crippen LogP contribution >= 0.6 is 11.6 Å². The van der Waals surface area contributed by atoms with Crippen LogP contribution in [0.2, 0.25) is 5.02 Å². The molecule has 0 radical (unpaired) electrons. The maximum atomic E-state index is 12.5. The molecule has 1 aliphatic rings. The number of benzene rings is 2. The first-order valence-electron chi connectivity index (χ1n) is 9.71. The standard InChI is InChI=1S/C21H25ClN2O4S/c1-2-15-7-9-16(10-8-15)23-21(25)14-28-20-12-11-18(13-19(20)22)29(26,27)24-17-5-3-4-6-17/h7-13,17,24H,2-6,14H2,1H3,(H,23,25). The maximum Gasteiger partial charge on any atom is 0.262 e. The van der Waals surface area contributed by atoms with E-state index in [1.165, 1.54) is 23.8 Å². The Balaban J connectivity index is 1.57. The van der Waals surface area contributed by atoms with Crippen LogP contribution in [0.3, 0.4) is 0 Å². The largest absolute Gasteiger partial charge is 0.482 e. The van der Waals surface area contributed by atoms with Gasteiger partial charge >= 0.3 is 0 Å². The van der Waals surface area contributed by atoms with Gasteiger partial charge in [-0.05, 0) is 55.2 Å². The Morgan fingerprint density at radius 2 is 1.83 bits per heavy atom. The number of amides is 1. The van der Waals surface area contributed by atoms with Crippen LogP contribution in [-0.2, 0) is 21.2 Å². The van der Waals surface area contributed by atoms with Gasteiger partial charge in [-0.2, -0.15) is 0 Å². The van der Waals surface area contributed by atoms with E-state index in [2.05, 4.69) is 17.0 Å². The number of halogens is 1. The summed E-state index contributed by atoms with van der Waals surface area (Å²) in [5, 5.41) is 2.88. The fraction of sp³-hybridized carbons (Fsp3) is 0.381. The number of nitrogens with one attached hydrogen (secondary N) is 2. The fourth-order valence-corrected chi connectivity index (χ4v) is 4.89. The zero-order chi connectivity index (χ0) is 20.9. The van der Waals surface area contributed by atoms with E-state index in [1.807, 2.05) is 24.3 Å². The van der Waals surface area contributed by atoms with Crippen molar-refractivity contribution in [3.8, 4) is 5.75 Å².